The summed E-state index contributed by atoms with van der Waals surface area (Å²) in [7, 11) is 0. The molecule has 2 nitrogen and oxygen atoms in total. The molecule has 0 aromatic carbocycles. The van der Waals surface area contributed by atoms with Crippen LogP contribution in [0.3, 0.4) is 0 Å². The molecule has 2 N–H and O–H groups in total. The van der Waals surface area contributed by atoms with Crippen LogP contribution < -0.4 is 0 Å². The van der Waals surface area contributed by atoms with E-state index in [-0.39, 0.29) is 16.8 Å². The molecule has 0 atom stereocenters. The Morgan fingerprint density at radius 2 is 1.73 bits per heavy atom. The Labute approximate surface area is 91.6 Å². The van der Waals surface area contributed by atoms with Crippen LogP contribution in [0.1, 0.15) is 39.0 Å². The molecule has 0 aromatic heterocycles. The topological polar surface area (TPSA) is 47.7 Å². The van der Waals surface area contributed by atoms with Crippen molar-refractivity contribution < 1.29 is 13.2 Å². The second kappa shape index (κ2) is 6.87. The average molecular weight is 240 g/mol. The van der Waals surface area contributed by atoms with E-state index < -0.39 is 11.2 Å². The van der Waals surface area contributed by atoms with Crippen molar-refractivity contribution in [1.29, 1.82) is 10.8 Å². The normalized spacial score (nSPS) is 11.5. The van der Waals surface area contributed by atoms with Crippen molar-refractivity contribution in [3.63, 3.8) is 0 Å². The number of halogens is 3. The number of unbranched alkanes of at least 4 members (excludes halogenated alkanes) is 3. The first-order chi connectivity index (χ1) is 6.88. The van der Waals surface area contributed by atoms with Gasteiger partial charge in [-0.25, -0.2) is 0 Å². The largest absolute Gasteiger partial charge is 0.439 e. The van der Waals surface area contributed by atoms with E-state index in [0.29, 0.717) is 6.42 Å². The Bertz CT molecular complexity index is 226. The van der Waals surface area contributed by atoms with Crippen molar-refractivity contribution in [1.82, 2.24) is 0 Å². The number of nitrogens with one attached hydrogen (secondary N) is 2. The van der Waals surface area contributed by atoms with Crippen molar-refractivity contribution in [3.8, 4) is 0 Å². The number of rotatable bonds is 5. The maximum Gasteiger partial charge on any atom is 0.439 e. The quantitative estimate of drug-likeness (QED) is 0.422. The van der Waals surface area contributed by atoms with Crippen LogP contribution in [0.15, 0.2) is 0 Å². The second-order valence-electron chi connectivity index (χ2n) is 3.16. The Morgan fingerprint density at radius 3 is 2.20 bits per heavy atom. The highest BCUT2D eigenvalue weighted by molar-refractivity contribution is 8.26. The van der Waals surface area contributed by atoms with Crippen molar-refractivity contribution >= 4 is 21.8 Å². The van der Waals surface area contributed by atoms with Crippen LogP contribution in [0.4, 0.5) is 13.2 Å². The maximum absolute atomic E-state index is 11.9. The monoisotopic (exact) mass is 240 g/mol. The van der Waals surface area contributed by atoms with Gasteiger partial charge in [0.05, 0.1) is 5.04 Å². The molecule has 0 spiro atoms. The molecule has 0 saturated carbocycles. The first-order valence-corrected chi connectivity index (χ1v) is 5.60. The molecule has 0 aromatic rings. The van der Waals surface area contributed by atoms with E-state index in [1.165, 1.54) is 0 Å². The molecular weight excluding hydrogens is 225 g/mol. The lowest BCUT2D eigenvalue weighted by Gasteiger charge is -2.07. The van der Waals surface area contributed by atoms with Gasteiger partial charge in [-0.1, -0.05) is 37.9 Å². The van der Waals surface area contributed by atoms with E-state index in [1.54, 1.807) is 0 Å². The SMILES string of the molecule is CCCCCCC(=N)SC(=N)C(F)(F)F. The van der Waals surface area contributed by atoms with Gasteiger partial charge < -0.3 is 0 Å². The molecule has 0 saturated heterocycles. The summed E-state index contributed by atoms with van der Waals surface area (Å²) < 4.78 is 35.7. The zero-order valence-electron chi connectivity index (χ0n) is 8.58. The Kier molecular flexibility index (Phi) is 6.63. The fourth-order valence-corrected chi connectivity index (χ4v) is 1.55. The lowest BCUT2D eigenvalue weighted by molar-refractivity contribution is -0.0560. The van der Waals surface area contributed by atoms with Gasteiger partial charge in [-0.15, -0.1) is 0 Å². The predicted molar refractivity (Wildman–Crippen MR) is 57.9 cm³/mol. The highest BCUT2D eigenvalue weighted by atomic mass is 32.2. The molecule has 6 heteroatoms. The summed E-state index contributed by atoms with van der Waals surface area (Å²) >= 11 is 0.206. The number of hydrogen-bond donors (Lipinski definition) is 2. The zero-order valence-corrected chi connectivity index (χ0v) is 9.39. The third-order valence-electron chi connectivity index (χ3n) is 1.74. The van der Waals surface area contributed by atoms with Crippen LogP contribution in [0, 0.1) is 10.8 Å². The van der Waals surface area contributed by atoms with E-state index in [2.05, 4.69) is 0 Å². The summed E-state index contributed by atoms with van der Waals surface area (Å²) in [6.45, 7) is 2.04. The molecule has 0 aliphatic carbocycles. The molecule has 15 heavy (non-hydrogen) atoms. The molecule has 0 aliphatic heterocycles. The van der Waals surface area contributed by atoms with Gasteiger partial charge in [0.1, 0.15) is 0 Å². The van der Waals surface area contributed by atoms with Gasteiger partial charge in [-0.3, -0.25) is 10.8 Å². The maximum atomic E-state index is 11.9. The molecule has 88 valence electrons. The lowest BCUT2D eigenvalue weighted by atomic mass is 10.2. The zero-order chi connectivity index (χ0) is 11.9. The number of hydrogen-bond acceptors (Lipinski definition) is 3. The third-order valence-corrected chi connectivity index (χ3v) is 2.63. The number of thioether (sulfide) groups is 1. The summed E-state index contributed by atoms with van der Waals surface area (Å²) in [5, 5.41) is 12.5. The predicted octanol–water partition coefficient (Wildman–Crippen LogP) is 4.21. The van der Waals surface area contributed by atoms with Crippen molar-refractivity contribution in [2.75, 3.05) is 0 Å². The van der Waals surface area contributed by atoms with Crippen molar-refractivity contribution in [2.45, 2.75) is 45.2 Å². The molecule has 0 amide bonds. The summed E-state index contributed by atoms with van der Waals surface area (Å²) in [4.78, 5) is 0. The standard InChI is InChI=1S/C9H15F3N2S/c1-2-3-4-5-6-7(13)15-8(14)9(10,11)12/h13-14H,2-6H2,1H3. The van der Waals surface area contributed by atoms with E-state index in [4.69, 9.17) is 10.8 Å². The van der Waals surface area contributed by atoms with E-state index in [0.717, 1.165) is 25.7 Å². The van der Waals surface area contributed by atoms with Crippen molar-refractivity contribution in [2.24, 2.45) is 0 Å². The molecule has 0 radical (unpaired) electrons. The van der Waals surface area contributed by atoms with E-state index in [1.807, 2.05) is 6.92 Å². The van der Waals surface area contributed by atoms with Crippen molar-refractivity contribution in [3.05, 3.63) is 0 Å². The minimum Gasteiger partial charge on any atom is -0.298 e. The Morgan fingerprint density at radius 1 is 1.13 bits per heavy atom. The number of alkyl halides is 3. The third kappa shape index (κ3) is 7.41. The lowest BCUT2D eigenvalue weighted by Crippen LogP contribution is -2.19. The molecule has 0 rings (SSSR count). The fraction of sp³-hybridized carbons (Fsp3) is 0.778. The second-order valence-corrected chi connectivity index (χ2v) is 4.27. The summed E-state index contributed by atoms with van der Waals surface area (Å²) in [6, 6.07) is 0. The molecule has 0 fully saturated rings. The van der Waals surface area contributed by atoms with E-state index in [9.17, 15) is 13.2 Å². The van der Waals surface area contributed by atoms with Gasteiger partial charge in [-0.2, -0.15) is 13.2 Å². The van der Waals surface area contributed by atoms with Gasteiger partial charge in [-0.05, 0) is 12.8 Å². The van der Waals surface area contributed by atoms with Gasteiger partial charge in [0.25, 0.3) is 0 Å². The van der Waals surface area contributed by atoms with Gasteiger partial charge in [0.15, 0.2) is 5.04 Å². The Hall–Kier alpha value is -0.520. The first kappa shape index (κ1) is 14.5. The average Bonchev–Trinajstić information content (AvgIpc) is 2.11. The summed E-state index contributed by atoms with van der Waals surface area (Å²) in [5.74, 6) is 0. The first-order valence-electron chi connectivity index (χ1n) is 4.79. The van der Waals surface area contributed by atoms with Crippen LogP contribution >= 0.6 is 11.8 Å². The molecule has 0 bridgehead atoms. The van der Waals surface area contributed by atoms with Crippen LogP contribution in [0.25, 0.3) is 0 Å². The fourth-order valence-electron chi connectivity index (χ4n) is 0.944. The van der Waals surface area contributed by atoms with Crippen LogP contribution in [0.5, 0.6) is 0 Å². The van der Waals surface area contributed by atoms with E-state index >= 15 is 0 Å². The van der Waals surface area contributed by atoms with Crippen LogP contribution in [-0.4, -0.2) is 16.3 Å². The van der Waals surface area contributed by atoms with Gasteiger partial charge in [0.2, 0.25) is 0 Å². The minimum atomic E-state index is -4.61. The van der Waals surface area contributed by atoms with Crippen LogP contribution in [-0.2, 0) is 0 Å². The highest BCUT2D eigenvalue weighted by Gasteiger charge is 2.35. The van der Waals surface area contributed by atoms with Gasteiger partial charge in [0, 0.05) is 0 Å². The minimum absolute atomic E-state index is 0.0755. The van der Waals surface area contributed by atoms with Crippen LogP contribution in [0.2, 0.25) is 0 Å². The molecular formula is C9H15F3N2S. The molecule has 0 unspecified atom stereocenters. The summed E-state index contributed by atoms with van der Waals surface area (Å²) in [6.07, 6.45) is -0.527. The molecule has 0 heterocycles. The highest BCUT2D eigenvalue weighted by Crippen LogP contribution is 2.25. The molecule has 0 aliphatic rings. The van der Waals surface area contributed by atoms with Gasteiger partial charge >= 0.3 is 6.18 Å². The smallest absolute Gasteiger partial charge is 0.298 e. The Balaban J connectivity index is 3.71. The summed E-state index contributed by atoms with van der Waals surface area (Å²) in [5.41, 5.74) is 0.